The number of aryl methyl sites for hydroxylation is 1. The number of carbonyl (C=O) groups is 2. The molecule has 4 fully saturated rings. The van der Waals surface area contributed by atoms with Crippen LogP contribution in [-0.4, -0.2) is 11.7 Å². The van der Waals surface area contributed by atoms with Crippen molar-refractivity contribution in [1.82, 2.24) is 0 Å². The van der Waals surface area contributed by atoms with Gasteiger partial charge in [0.15, 0.2) is 0 Å². The number of carbonyl (C=O) groups excluding carboxylic acids is 2. The van der Waals surface area contributed by atoms with Gasteiger partial charge in [0.05, 0.1) is 5.41 Å². The molecule has 9 atom stereocenters. The molecule has 0 bridgehead atoms. The normalized spacial score (nSPS) is 45.8. The zero-order valence-electron chi connectivity index (χ0n) is 26.5. The van der Waals surface area contributed by atoms with Crippen LogP contribution in [0.4, 0.5) is 5.69 Å². The second-order valence-corrected chi connectivity index (χ2v) is 16.3. The third-order valence-electron chi connectivity index (χ3n) is 14.5. The number of ketones is 1. The van der Waals surface area contributed by atoms with Gasteiger partial charge in [0, 0.05) is 17.5 Å². The fourth-order valence-corrected chi connectivity index (χ4v) is 11.6. The molecule has 1 aromatic rings. The Hall–Kier alpha value is -1.90. The summed E-state index contributed by atoms with van der Waals surface area (Å²) in [5.74, 6) is 3.19. The molecule has 0 saturated heterocycles. The van der Waals surface area contributed by atoms with E-state index in [1.807, 2.05) is 0 Å². The van der Waals surface area contributed by atoms with Gasteiger partial charge < -0.3 is 5.32 Å². The second-order valence-electron chi connectivity index (χ2n) is 16.3. The van der Waals surface area contributed by atoms with E-state index >= 15 is 0 Å². The molecular weight excluding hydrogens is 490 g/mol. The lowest BCUT2D eigenvalue weighted by Crippen LogP contribution is -2.65. The molecule has 0 aromatic heterocycles. The summed E-state index contributed by atoms with van der Waals surface area (Å²) in [5, 5.41) is 3.40. The summed E-state index contributed by atoms with van der Waals surface area (Å²) in [6, 6.07) is 8.30. The maximum atomic E-state index is 14.4. The Morgan fingerprint density at radius 1 is 0.875 bits per heavy atom. The number of anilines is 1. The number of rotatable bonds is 2. The Kier molecular flexibility index (Phi) is 6.39. The Labute approximate surface area is 243 Å². The Morgan fingerprint density at radius 3 is 2.27 bits per heavy atom. The van der Waals surface area contributed by atoms with Gasteiger partial charge in [-0.1, -0.05) is 77.8 Å². The van der Waals surface area contributed by atoms with Crippen LogP contribution in [0.2, 0.25) is 0 Å². The molecule has 0 aliphatic heterocycles. The van der Waals surface area contributed by atoms with E-state index in [9.17, 15) is 9.59 Å². The summed E-state index contributed by atoms with van der Waals surface area (Å²) in [5.41, 5.74) is 3.69. The van der Waals surface area contributed by atoms with Crippen LogP contribution in [-0.2, 0) is 9.59 Å². The number of allylic oxidation sites excluding steroid dienone is 2. The average Bonchev–Trinajstić information content (AvgIpc) is 2.90. The van der Waals surface area contributed by atoms with E-state index in [4.69, 9.17) is 0 Å². The van der Waals surface area contributed by atoms with Gasteiger partial charge in [-0.3, -0.25) is 9.59 Å². The first-order chi connectivity index (χ1) is 18.7. The standard InChI is InChI=1S/C37H53NO2/c1-23-9-11-26(12-10-23)38-32(40)37-20-15-24(2)25(3)31(37)27-13-14-29-34(6)18-17-30(39)33(4,5)28(34)16-19-36(29,8)35(27,7)21-22-37/h9-13,24-25,28-29,31H,14-22H2,1-8H3,(H,38,40)/t24-,25+,28+,29-,31+,34+,35-,36-,37+/m1/s1. The molecule has 0 unspecified atom stereocenters. The molecule has 40 heavy (non-hydrogen) atoms. The quantitative estimate of drug-likeness (QED) is 0.378. The monoisotopic (exact) mass is 543 g/mol. The van der Waals surface area contributed by atoms with Crippen LogP contribution in [0.15, 0.2) is 35.9 Å². The number of nitrogens with one attached hydrogen (secondary N) is 1. The molecule has 5 aliphatic carbocycles. The van der Waals surface area contributed by atoms with Gasteiger partial charge in [-0.2, -0.15) is 0 Å². The zero-order valence-corrected chi connectivity index (χ0v) is 26.5. The van der Waals surface area contributed by atoms with Crippen LogP contribution in [0, 0.1) is 63.6 Å². The van der Waals surface area contributed by atoms with Crippen LogP contribution in [0.3, 0.4) is 0 Å². The summed E-state index contributed by atoms with van der Waals surface area (Å²) in [4.78, 5) is 27.4. The fraction of sp³-hybridized carbons (Fsp3) is 0.730. The van der Waals surface area contributed by atoms with Crippen molar-refractivity contribution in [3.05, 3.63) is 41.5 Å². The van der Waals surface area contributed by atoms with Gasteiger partial charge in [-0.15, -0.1) is 0 Å². The summed E-state index contributed by atoms with van der Waals surface area (Å²) in [6.45, 7) is 19.2. The van der Waals surface area contributed by atoms with Gasteiger partial charge >= 0.3 is 0 Å². The molecule has 0 spiro atoms. The number of fused-ring (bicyclic) bond motifs is 7. The summed E-state index contributed by atoms with van der Waals surface area (Å²) >= 11 is 0. The number of hydrogen-bond acceptors (Lipinski definition) is 2. The van der Waals surface area contributed by atoms with Crippen LogP contribution < -0.4 is 5.32 Å². The molecule has 218 valence electrons. The minimum atomic E-state index is -0.328. The van der Waals surface area contributed by atoms with Gasteiger partial charge in [0.2, 0.25) is 5.91 Å². The SMILES string of the molecule is Cc1ccc(NC(=O)[C@]23CC[C@@H](C)[C@H](C)[C@H]2C2=CC[C@@H]4[C@@]5(C)CCC(=O)C(C)(C)[C@@H]5CC[C@@]4(C)[C@]2(C)CC3)cc1. The Balaban J connectivity index is 1.41. The highest BCUT2D eigenvalue weighted by atomic mass is 16.2. The molecule has 0 radical (unpaired) electrons. The van der Waals surface area contributed by atoms with Crippen molar-refractivity contribution in [3.8, 4) is 0 Å². The van der Waals surface area contributed by atoms with E-state index in [1.54, 1.807) is 5.57 Å². The first-order valence-corrected chi connectivity index (χ1v) is 16.3. The van der Waals surface area contributed by atoms with Crippen molar-refractivity contribution in [2.45, 2.75) is 113 Å². The van der Waals surface area contributed by atoms with Gasteiger partial charge in [0.1, 0.15) is 5.78 Å². The van der Waals surface area contributed by atoms with E-state index in [0.29, 0.717) is 35.4 Å². The van der Waals surface area contributed by atoms with Crippen LogP contribution in [0.25, 0.3) is 0 Å². The Morgan fingerprint density at radius 2 is 1.57 bits per heavy atom. The minimum absolute atomic E-state index is 0.0964. The first kappa shape index (κ1) is 28.2. The third kappa shape index (κ3) is 3.60. The van der Waals surface area contributed by atoms with E-state index in [0.717, 1.165) is 57.1 Å². The second kappa shape index (κ2) is 9.05. The van der Waals surface area contributed by atoms with Gasteiger partial charge in [-0.05, 0) is 116 Å². The maximum absolute atomic E-state index is 14.4. The highest BCUT2D eigenvalue weighted by Crippen LogP contribution is 2.75. The van der Waals surface area contributed by atoms with Crippen molar-refractivity contribution < 1.29 is 9.59 Å². The van der Waals surface area contributed by atoms with Crippen molar-refractivity contribution in [2.24, 2.45) is 56.7 Å². The lowest BCUT2D eigenvalue weighted by molar-refractivity contribution is -0.186. The molecular formula is C37H53NO2. The lowest BCUT2D eigenvalue weighted by atomic mass is 9.33. The van der Waals surface area contributed by atoms with E-state index in [1.165, 1.54) is 12.0 Å². The molecule has 0 heterocycles. The predicted octanol–water partition coefficient (Wildman–Crippen LogP) is 9.16. The average molecular weight is 544 g/mol. The molecule has 5 aliphatic rings. The number of Topliss-reactive ketones (excluding diaryl/α,β-unsaturated/α-hetero) is 1. The third-order valence-corrected chi connectivity index (χ3v) is 14.5. The fourth-order valence-electron chi connectivity index (χ4n) is 11.6. The lowest BCUT2D eigenvalue weighted by Gasteiger charge is -2.71. The Bertz CT molecular complexity index is 1240. The first-order valence-electron chi connectivity index (χ1n) is 16.3. The maximum Gasteiger partial charge on any atom is 0.231 e. The zero-order chi connectivity index (χ0) is 28.9. The molecule has 6 rings (SSSR count). The van der Waals surface area contributed by atoms with Crippen molar-refractivity contribution in [2.75, 3.05) is 5.32 Å². The van der Waals surface area contributed by atoms with Crippen molar-refractivity contribution in [1.29, 1.82) is 0 Å². The number of benzene rings is 1. The number of amides is 1. The minimum Gasteiger partial charge on any atom is -0.326 e. The van der Waals surface area contributed by atoms with Gasteiger partial charge in [0.25, 0.3) is 0 Å². The molecule has 1 aromatic carbocycles. The summed E-state index contributed by atoms with van der Waals surface area (Å²) in [7, 11) is 0. The van der Waals surface area contributed by atoms with Crippen LogP contribution >= 0.6 is 0 Å². The highest BCUT2D eigenvalue weighted by molar-refractivity contribution is 5.96. The van der Waals surface area contributed by atoms with E-state index in [2.05, 4.69) is 91.0 Å². The summed E-state index contributed by atoms with van der Waals surface area (Å²) in [6.07, 6.45) is 12.1. The molecule has 3 nitrogen and oxygen atoms in total. The largest absolute Gasteiger partial charge is 0.326 e. The van der Waals surface area contributed by atoms with Crippen molar-refractivity contribution in [3.63, 3.8) is 0 Å². The molecule has 1 amide bonds. The molecule has 3 heteroatoms. The topological polar surface area (TPSA) is 46.2 Å². The predicted molar refractivity (Wildman–Crippen MR) is 164 cm³/mol. The van der Waals surface area contributed by atoms with Crippen LogP contribution in [0.5, 0.6) is 0 Å². The summed E-state index contributed by atoms with van der Waals surface area (Å²) < 4.78 is 0. The highest BCUT2D eigenvalue weighted by Gasteiger charge is 2.69. The van der Waals surface area contributed by atoms with Gasteiger partial charge in [-0.25, -0.2) is 0 Å². The van der Waals surface area contributed by atoms with E-state index in [-0.39, 0.29) is 33.0 Å². The number of hydrogen-bond donors (Lipinski definition) is 1. The van der Waals surface area contributed by atoms with E-state index < -0.39 is 0 Å². The molecule has 4 saturated carbocycles. The smallest absolute Gasteiger partial charge is 0.231 e. The molecule has 1 N–H and O–H groups in total. The van der Waals surface area contributed by atoms with Crippen LogP contribution in [0.1, 0.15) is 112 Å². The van der Waals surface area contributed by atoms with Crippen molar-refractivity contribution >= 4 is 17.4 Å².